The smallest absolute Gasteiger partial charge is 0.264 e. The average Bonchev–Trinajstić information content (AvgIpc) is 3.19. The number of nitrogens with zero attached hydrogens (tertiary/aromatic N) is 1. The van der Waals surface area contributed by atoms with Crippen LogP contribution in [0.1, 0.15) is 45.9 Å². The monoisotopic (exact) mass is 345 g/mol. The zero-order chi connectivity index (χ0) is 17.1. The maximum Gasteiger partial charge on any atom is 0.264 e. The lowest BCUT2D eigenvalue weighted by Gasteiger charge is -2.20. The molecule has 0 unspecified atom stereocenters. The first-order chi connectivity index (χ1) is 11.6. The predicted molar refractivity (Wildman–Crippen MR) is 96.0 cm³/mol. The van der Waals surface area contributed by atoms with Gasteiger partial charge in [0.05, 0.1) is 4.88 Å². The fourth-order valence-electron chi connectivity index (χ4n) is 2.89. The predicted octanol–water partition coefficient (Wildman–Crippen LogP) is 4.40. The summed E-state index contributed by atoms with van der Waals surface area (Å²) in [7, 11) is 0. The number of hydrogen-bond donors (Lipinski definition) is 0. The third-order valence-corrected chi connectivity index (χ3v) is 5.31. The van der Waals surface area contributed by atoms with Gasteiger partial charge in [0.25, 0.3) is 5.91 Å². The lowest BCUT2D eigenvalue weighted by Crippen LogP contribution is -2.29. The van der Waals surface area contributed by atoms with Crippen LogP contribution in [0.3, 0.4) is 0 Å². The summed E-state index contributed by atoms with van der Waals surface area (Å²) in [5, 5.41) is 0. The summed E-state index contributed by atoms with van der Waals surface area (Å²) in [5.74, 6) is 1.63. The molecule has 128 valence electrons. The first kappa shape index (κ1) is 16.8. The van der Waals surface area contributed by atoms with Crippen LogP contribution in [0, 0.1) is 6.92 Å². The van der Waals surface area contributed by atoms with E-state index in [2.05, 4.69) is 19.9 Å². The van der Waals surface area contributed by atoms with E-state index in [4.69, 9.17) is 9.47 Å². The Kier molecular flexibility index (Phi) is 5.09. The zero-order valence-electron chi connectivity index (χ0n) is 14.4. The molecule has 0 N–H and O–H groups in total. The molecule has 3 rings (SSSR count). The molecular weight excluding hydrogens is 322 g/mol. The molecule has 1 aliphatic heterocycles. The van der Waals surface area contributed by atoms with E-state index < -0.39 is 0 Å². The molecule has 4 nitrogen and oxygen atoms in total. The van der Waals surface area contributed by atoms with E-state index in [9.17, 15) is 4.79 Å². The van der Waals surface area contributed by atoms with E-state index in [0.29, 0.717) is 13.1 Å². The minimum absolute atomic E-state index is 0.102. The van der Waals surface area contributed by atoms with Gasteiger partial charge < -0.3 is 14.4 Å². The van der Waals surface area contributed by atoms with Gasteiger partial charge in [-0.3, -0.25) is 4.79 Å². The second-order valence-electron chi connectivity index (χ2n) is 5.95. The first-order valence-corrected chi connectivity index (χ1v) is 9.21. The number of benzene rings is 1. The lowest BCUT2D eigenvalue weighted by atomic mass is 10.1. The maximum atomic E-state index is 12.9. The fraction of sp³-hybridized carbons (Fsp3) is 0.421. The van der Waals surface area contributed by atoms with E-state index in [0.717, 1.165) is 34.8 Å². The Hall–Kier alpha value is -2.01. The second kappa shape index (κ2) is 7.26. The molecule has 0 spiro atoms. The Morgan fingerprint density at radius 3 is 2.75 bits per heavy atom. The summed E-state index contributed by atoms with van der Waals surface area (Å²) in [6.45, 7) is 7.79. The van der Waals surface area contributed by atoms with E-state index in [1.165, 1.54) is 10.4 Å². The van der Waals surface area contributed by atoms with E-state index >= 15 is 0 Å². The summed E-state index contributed by atoms with van der Waals surface area (Å²) in [4.78, 5) is 16.8. The molecule has 1 aromatic heterocycles. The van der Waals surface area contributed by atoms with Crippen LogP contribution in [0.4, 0.5) is 0 Å². The summed E-state index contributed by atoms with van der Waals surface area (Å²) in [5.41, 5.74) is 2.35. The van der Waals surface area contributed by atoms with Crippen molar-refractivity contribution >= 4 is 17.2 Å². The number of hydrogen-bond acceptors (Lipinski definition) is 4. The molecule has 2 heterocycles. The Balaban J connectivity index is 1.75. The highest BCUT2D eigenvalue weighted by Crippen LogP contribution is 2.33. The molecule has 0 radical (unpaired) electrons. The summed E-state index contributed by atoms with van der Waals surface area (Å²) >= 11 is 1.60. The van der Waals surface area contributed by atoms with E-state index in [1.54, 1.807) is 11.3 Å². The minimum atomic E-state index is 0.102. The van der Waals surface area contributed by atoms with Gasteiger partial charge in [-0.05, 0) is 49.6 Å². The van der Waals surface area contributed by atoms with Crippen molar-refractivity contribution in [2.75, 3.05) is 13.3 Å². The SMILES string of the molecule is CCCc1cc(C(=O)N(CC)Cc2ccc3c(c2)OCO3)sc1C. The number of fused-ring (bicyclic) bond motifs is 1. The molecule has 0 fully saturated rings. The number of rotatable bonds is 6. The molecule has 0 bridgehead atoms. The molecule has 0 atom stereocenters. The second-order valence-corrected chi connectivity index (χ2v) is 7.21. The van der Waals surface area contributed by atoms with Gasteiger partial charge in [-0.25, -0.2) is 0 Å². The van der Waals surface area contributed by atoms with Gasteiger partial charge in [-0.1, -0.05) is 19.4 Å². The Morgan fingerprint density at radius 1 is 1.21 bits per heavy atom. The molecule has 0 saturated heterocycles. The largest absolute Gasteiger partial charge is 0.454 e. The van der Waals surface area contributed by atoms with Crippen molar-refractivity contribution in [2.45, 2.75) is 40.2 Å². The summed E-state index contributed by atoms with van der Waals surface area (Å²) < 4.78 is 10.8. The highest BCUT2D eigenvalue weighted by Gasteiger charge is 2.20. The van der Waals surface area contributed by atoms with Crippen molar-refractivity contribution in [1.29, 1.82) is 0 Å². The lowest BCUT2D eigenvalue weighted by molar-refractivity contribution is 0.0757. The number of amides is 1. The van der Waals surface area contributed by atoms with Crippen LogP contribution in [0.2, 0.25) is 0 Å². The molecule has 1 aliphatic rings. The first-order valence-electron chi connectivity index (χ1n) is 8.39. The van der Waals surface area contributed by atoms with Crippen molar-refractivity contribution < 1.29 is 14.3 Å². The van der Waals surface area contributed by atoms with Gasteiger partial charge >= 0.3 is 0 Å². The Bertz CT molecular complexity index is 738. The van der Waals surface area contributed by atoms with Crippen molar-refractivity contribution in [3.05, 3.63) is 45.1 Å². The van der Waals surface area contributed by atoms with Gasteiger partial charge in [-0.15, -0.1) is 11.3 Å². The highest BCUT2D eigenvalue weighted by molar-refractivity contribution is 7.14. The van der Waals surface area contributed by atoms with Crippen LogP contribution >= 0.6 is 11.3 Å². The zero-order valence-corrected chi connectivity index (χ0v) is 15.2. The van der Waals surface area contributed by atoms with Crippen LogP contribution < -0.4 is 9.47 Å². The molecule has 24 heavy (non-hydrogen) atoms. The van der Waals surface area contributed by atoms with E-state index in [-0.39, 0.29) is 12.7 Å². The van der Waals surface area contributed by atoms with Gasteiger partial charge in [0.2, 0.25) is 6.79 Å². The van der Waals surface area contributed by atoms with Crippen molar-refractivity contribution in [2.24, 2.45) is 0 Å². The molecule has 5 heteroatoms. The van der Waals surface area contributed by atoms with Gasteiger partial charge in [0, 0.05) is 18.0 Å². The minimum Gasteiger partial charge on any atom is -0.454 e. The van der Waals surface area contributed by atoms with Crippen LogP contribution in [0.25, 0.3) is 0 Å². The quantitative estimate of drug-likeness (QED) is 0.779. The topological polar surface area (TPSA) is 38.8 Å². The van der Waals surface area contributed by atoms with Gasteiger partial charge in [0.15, 0.2) is 11.5 Å². The standard InChI is InChI=1S/C19H23NO3S/c1-4-6-15-10-18(24-13(15)3)19(21)20(5-2)11-14-7-8-16-17(9-14)23-12-22-16/h7-10H,4-6,11-12H2,1-3H3. The van der Waals surface area contributed by atoms with Crippen LogP contribution in [0.5, 0.6) is 11.5 Å². The highest BCUT2D eigenvalue weighted by atomic mass is 32.1. The molecule has 0 aliphatic carbocycles. The molecule has 1 amide bonds. The fourth-order valence-corrected chi connectivity index (χ4v) is 3.93. The van der Waals surface area contributed by atoms with Crippen molar-refractivity contribution in [1.82, 2.24) is 4.90 Å². The maximum absolute atomic E-state index is 12.9. The van der Waals surface area contributed by atoms with Crippen LogP contribution in [0.15, 0.2) is 24.3 Å². The Morgan fingerprint density at radius 2 is 2.00 bits per heavy atom. The number of aryl methyl sites for hydroxylation is 2. The van der Waals surface area contributed by atoms with Crippen LogP contribution in [-0.4, -0.2) is 24.1 Å². The average molecular weight is 345 g/mol. The normalized spacial score (nSPS) is 12.5. The summed E-state index contributed by atoms with van der Waals surface area (Å²) in [6, 6.07) is 7.92. The summed E-state index contributed by atoms with van der Waals surface area (Å²) in [6.07, 6.45) is 2.13. The molecule has 1 aromatic carbocycles. The Labute approximate surface area is 147 Å². The molecular formula is C19H23NO3S. The van der Waals surface area contributed by atoms with E-state index in [1.807, 2.05) is 30.0 Å². The number of thiophene rings is 1. The van der Waals surface area contributed by atoms with Crippen molar-refractivity contribution in [3.8, 4) is 11.5 Å². The van der Waals surface area contributed by atoms with Crippen molar-refractivity contribution in [3.63, 3.8) is 0 Å². The molecule has 2 aromatic rings. The van der Waals surface area contributed by atoms with Gasteiger partial charge in [-0.2, -0.15) is 0 Å². The van der Waals surface area contributed by atoms with Gasteiger partial charge in [0.1, 0.15) is 0 Å². The van der Waals surface area contributed by atoms with Crippen LogP contribution in [-0.2, 0) is 13.0 Å². The third kappa shape index (κ3) is 3.41. The number of carbonyl (C=O) groups is 1. The number of carbonyl (C=O) groups excluding carboxylic acids is 1. The third-order valence-electron chi connectivity index (χ3n) is 4.23. The molecule has 0 saturated carbocycles. The number of ether oxygens (including phenoxy) is 2.